The smallest absolute Gasteiger partial charge is 0.166 e. The number of halogens is 1. The molecule has 0 aliphatic carbocycles. The van der Waals surface area contributed by atoms with E-state index in [0.717, 1.165) is 16.2 Å². The minimum Gasteiger partial charge on any atom is -0.333 e. The number of imidazole rings is 1. The van der Waals surface area contributed by atoms with Gasteiger partial charge in [0.05, 0.1) is 22.7 Å². The third-order valence-corrected chi connectivity index (χ3v) is 3.84. The van der Waals surface area contributed by atoms with Crippen LogP contribution in [-0.4, -0.2) is 9.97 Å². The van der Waals surface area contributed by atoms with Gasteiger partial charge in [0.15, 0.2) is 5.16 Å². The summed E-state index contributed by atoms with van der Waals surface area (Å²) in [5.74, 6) is 0.116. The van der Waals surface area contributed by atoms with Crippen molar-refractivity contribution in [3.63, 3.8) is 0 Å². The van der Waals surface area contributed by atoms with Crippen LogP contribution in [-0.2, 0) is 5.75 Å². The van der Waals surface area contributed by atoms with Gasteiger partial charge in [-0.2, -0.15) is 5.26 Å². The summed E-state index contributed by atoms with van der Waals surface area (Å²) in [5.41, 5.74) is 2.76. The lowest BCUT2D eigenvalue weighted by Gasteiger charge is -2.01. The highest BCUT2D eigenvalue weighted by molar-refractivity contribution is 7.98. The first-order valence-electron chi connectivity index (χ1n) is 6.02. The maximum absolute atomic E-state index is 13.7. The average Bonchev–Trinajstić information content (AvgIpc) is 2.88. The van der Waals surface area contributed by atoms with Gasteiger partial charge < -0.3 is 4.98 Å². The Labute approximate surface area is 119 Å². The molecule has 0 unspecified atom stereocenters. The highest BCUT2D eigenvalue weighted by Gasteiger charge is 2.07. The molecule has 2 aromatic carbocycles. The SMILES string of the molecule is N#Cc1ccc(CSc2nc3ccccc3[nH]2)c(F)c1. The van der Waals surface area contributed by atoms with Gasteiger partial charge in [-0.1, -0.05) is 30.0 Å². The minimum atomic E-state index is -0.354. The van der Waals surface area contributed by atoms with E-state index >= 15 is 0 Å². The van der Waals surface area contributed by atoms with Gasteiger partial charge >= 0.3 is 0 Å². The van der Waals surface area contributed by atoms with Gasteiger partial charge in [0.2, 0.25) is 0 Å². The van der Waals surface area contributed by atoms with Gasteiger partial charge in [-0.3, -0.25) is 0 Å². The van der Waals surface area contributed by atoms with Gasteiger partial charge in [-0.15, -0.1) is 0 Å². The van der Waals surface area contributed by atoms with Gasteiger partial charge in [-0.25, -0.2) is 9.37 Å². The second-order valence-electron chi connectivity index (χ2n) is 4.27. The average molecular weight is 283 g/mol. The minimum absolute atomic E-state index is 0.333. The number of hydrogen-bond donors (Lipinski definition) is 1. The number of aromatic amines is 1. The van der Waals surface area contributed by atoms with Crippen LogP contribution in [0.1, 0.15) is 11.1 Å². The molecule has 20 heavy (non-hydrogen) atoms. The Balaban J connectivity index is 1.77. The van der Waals surface area contributed by atoms with Crippen LogP contribution in [0.2, 0.25) is 0 Å². The predicted octanol–water partition coefficient (Wildman–Crippen LogP) is 3.87. The summed E-state index contributed by atoms with van der Waals surface area (Å²) in [4.78, 5) is 7.61. The van der Waals surface area contributed by atoms with Gasteiger partial charge in [-0.05, 0) is 29.8 Å². The molecule has 98 valence electrons. The number of rotatable bonds is 3. The van der Waals surface area contributed by atoms with Crippen molar-refractivity contribution >= 4 is 22.8 Å². The molecule has 0 saturated carbocycles. The third-order valence-electron chi connectivity index (χ3n) is 2.91. The Kier molecular flexibility index (Phi) is 3.40. The first-order chi connectivity index (χ1) is 9.76. The molecule has 1 aromatic heterocycles. The molecule has 1 N–H and O–H groups in total. The van der Waals surface area contributed by atoms with Crippen LogP contribution < -0.4 is 0 Å². The lowest BCUT2D eigenvalue weighted by molar-refractivity contribution is 0.617. The summed E-state index contributed by atoms with van der Waals surface area (Å²) in [6, 6.07) is 14.2. The zero-order valence-electron chi connectivity index (χ0n) is 10.4. The number of nitrogens with one attached hydrogen (secondary N) is 1. The standard InChI is InChI=1S/C15H10FN3S/c16-12-7-10(8-17)5-6-11(12)9-20-15-18-13-3-1-2-4-14(13)19-15/h1-7H,9H2,(H,18,19). The molecular weight excluding hydrogens is 273 g/mol. The van der Waals surface area contributed by atoms with Crippen molar-refractivity contribution < 1.29 is 4.39 Å². The van der Waals surface area contributed by atoms with Gasteiger partial charge in [0.25, 0.3) is 0 Å². The Hall–Kier alpha value is -2.32. The normalized spacial score (nSPS) is 10.6. The molecule has 0 amide bonds. The molecule has 0 spiro atoms. The molecule has 1 heterocycles. The zero-order valence-corrected chi connectivity index (χ0v) is 11.2. The van der Waals surface area contributed by atoms with E-state index in [-0.39, 0.29) is 5.82 Å². The van der Waals surface area contributed by atoms with Crippen molar-refractivity contribution in [2.45, 2.75) is 10.9 Å². The number of thioether (sulfide) groups is 1. The summed E-state index contributed by atoms with van der Waals surface area (Å²) in [6.45, 7) is 0. The number of fused-ring (bicyclic) bond motifs is 1. The summed E-state index contributed by atoms with van der Waals surface area (Å²) in [5, 5.41) is 9.46. The van der Waals surface area contributed by atoms with Gasteiger partial charge in [0.1, 0.15) is 5.82 Å². The van der Waals surface area contributed by atoms with E-state index in [1.54, 1.807) is 12.1 Å². The molecule has 0 aliphatic heterocycles. The molecule has 3 rings (SSSR count). The largest absolute Gasteiger partial charge is 0.333 e. The summed E-state index contributed by atoms with van der Waals surface area (Å²) in [6.07, 6.45) is 0. The molecule has 3 aromatic rings. The molecule has 3 nitrogen and oxygen atoms in total. The third kappa shape index (κ3) is 2.51. The van der Waals surface area contributed by atoms with Crippen molar-refractivity contribution in [2.75, 3.05) is 0 Å². The number of aromatic nitrogens is 2. The Morgan fingerprint density at radius 1 is 1.25 bits per heavy atom. The number of hydrogen-bond acceptors (Lipinski definition) is 3. The van der Waals surface area contributed by atoms with E-state index in [2.05, 4.69) is 9.97 Å². The first kappa shape index (κ1) is 12.7. The maximum Gasteiger partial charge on any atom is 0.166 e. The van der Waals surface area contributed by atoms with Crippen molar-refractivity contribution in [1.29, 1.82) is 5.26 Å². The maximum atomic E-state index is 13.7. The monoisotopic (exact) mass is 283 g/mol. The van der Waals surface area contributed by atoms with E-state index in [9.17, 15) is 4.39 Å². The fourth-order valence-electron chi connectivity index (χ4n) is 1.88. The van der Waals surface area contributed by atoms with E-state index in [1.807, 2.05) is 30.3 Å². The van der Waals surface area contributed by atoms with Crippen LogP contribution in [0.25, 0.3) is 11.0 Å². The molecule has 0 bridgehead atoms. The van der Waals surface area contributed by atoms with E-state index in [4.69, 9.17) is 5.26 Å². The van der Waals surface area contributed by atoms with Crippen LogP contribution in [0.15, 0.2) is 47.6 Å². The van der Waals surface area contributed by atoms with Crippen molar-refractivity contribution in [3.8, 4) is 6.07 Å². The van der Waals surface area contributed by atoms with Crippen LogP contribution in [0, 0.1) is 17.1 Å². The number of H-pyrrole nitrogens is 1. The highest BCUT2D eigenvalue weighted by atomic mass is 32.2. The van der Waals surface area contributed by atoms with Crippen molar-refractivity contribution in [3.05, 3.63) is 59.4 Å². The number of benzene rings is 2. The summed E-state index contributed by atoms with van der Waals surface area (Å²) >= 11 is 1.44. The second-order valence-corrected chi connectivity index (χ2v) is 5.23. The zero-order chi connectivity index (χ0) is 13.9. The van der Waals surface area contributed by atoms with E-state index < -0.39 is 0 Å². The fourth-order valence-corrected chi connectivity index (χ4v) is 2.75. The molecular formula is C15H10FN3S. The van der Waals surface area contributed by atoms with Crippen molar-refractivity contribution in [1.82, 2.24) is 9.97 Å². The van der Waals surface area contributed by atoms with Crippen LogP contribution in [0.3, 0.4) is 0 Å². The van der Waals surface area contributed by atoms with Gasteiger partial charge in [0, 0.05) is 5.75 Å². The van der Waals surface area contributed by atoms with E-state index in [0.29, 0.717) is 16.9 Å². The van der Waals surface area contributed by atoms with E-state index in [1.165, 1.54) is 17.8 Å². The number of para-hydroxylation sites is 2. The second kappa shape index (κ2) is 5.35. The first-order valence-corrected chi connectivity index (χ1v) is 7.01. The Morgan fingerprint density at radius 2 is 2.10 bits per heavy atom. The lowest BCUT2D eigenvalue weighted by Crippen LogP contribution is -1.89. The quantitative estimate of drug-likeness (QED) is 0.742. The van der Waals surface area contributed by atoms with Crippen LogP contribution in [0.5, 0.6) is 0 Å². The number of nitriles is 1. The molecule has 0 atom stereocenters. The lowest BCUT2D eigenvalue weighted by atomic mass is 10.1. The summed E-state index contributed by atoms with van der Waals surface area (Å²) < 4.78 is 13.7. The topological polar surface area (TPSA) is 52.5 Å². The molecule has 0 saturated heterocycles. The molecule has 0 radical (unpaired) electrons. The van der Waals surface area contributed by atoms with Crippen molar-refractivity contribution in [2.24, 2.45) is 0 Å². The van der Waals surface area contributed by atoms with Crippen LogP contribution in [0.4, 0.5) is 4.39 Å². The summed E-state index contributed by atoms with van der Waals surface area (Å²) in [7, 11) is 0. The predicted molar refractivity (Wildman–Crippen MR) is 76.8 cm³/mol. The molecule has 0 fully saturated rings. The highest BCUT2D eigenvalue weighted by Crippen LogP contribution is 2.24. The Morgan fingerprint density at radius 3 is 2.85 bits per heavy atom. The van der Waals surface area contributed by atoms with Crippen LogP contribution >= 0.6 is 11.8 Å². The molecule has 0 aliphatic rings. The fraction of sp³-hybridized carbons (Fsp3) is 0.0667. The Bertz CT molecular complexity index is 771. The molecule has 5 heteroatoms. The number of nitrogens with zero attached hydrogens (tertiary/aromatic N) is 2.